The number of thiophene rings is 1. The van der Waals surface area contributed by atoms with E-state index in [0.717, 1.165) is 26.2 Å². The number of nitrogens with one attached hydrogen (secondary N) is 1. The molecule has 3 rings (SSSR count). The van der Waals surface area contributed by atoms with Gasteiger partial charge in [-0.3, -0.25) is 9.69 Å². The van der Waals surface area contributed by atoms with Crippen LogP contribution in [0, 0.1) is 13.8 Å². The maximum absolute atomic E-state index is 12.1. The van der Waals surface area contributed by atoms with Crippen molar-refractivity contribution in [3.05, 3.63) is 51.7 Å². The first-order valence-electron chi connectivity index (χ1n) is 8.45. The molecule has 0 bridgehead atoms. The number of rotatable bonds is 5. The minimum atomic E-state index is 0.114. The van der Waals surface area contributed by atoms with Crippen LogP contribution in [-0.4, -0.2) is 43.5 Å². The second-order valence-electron chi connectivity index (χ2n) is 6.41. The molecule has 0 unspecified atom stereocenters. The Labute approximate surface area is 148 Å². The van der Waals surface area contributed by atoms with Gasteiger partial charge in [0.2, 0.25) is 5.91 Å². The number of aryl methyl sites for hydroxylation is 2. The molecule has 1 N–H and O–H groups in total. The first-order chi connectivity index (χ1) is 11.6. The molecule has 1 fully saturated rings. The summed E-state index contributed by atoms with van der Waals surface area (Å²) in [7, 11) is 0. The van der Waals surface area contributed by atoms with Crippen molar-refractivity contribution < 1.29 is 4.79 Å². The summed E-state index contributed by atoms with van der Waals surface area (Å²) in [5.41, 5.74) is 3.95. The van der Waals surface area contributed by atoms with Gasteiger partial charge in [-0.05, 0) is 42.5 Å². The van der Waals surface area contributed by atoms with Gasteiger partial charge in [0.15, 0.2) is 0 Å². The Hall–Kier alpha value is -1.85. The van der Waals surface area contributed by atoms with Crippen LogP contribution in [0.5, 0.6) is 0 Å². The van der Waals surface area contributed by atoms with E-state index in [1.807, 2.05) is 17.5 Å². The van der Waals surface area contributed by atoms with Gasteiger partial charge in [-0.15, -0.1) is 11.3 Å². The molecule has 1 aliphatic heterocycles. The molecule has 24 heavy (non-hydrogen) atoms. The Morgan fingerprint density at radius 1 is 1.17 bits per heavy atom. The summed E-state index contributed by atoms with van der Waals surface area (Å²) in [6.07, 6.45) is 0. The quantitative estimate of drug-likeness (QED) is 0.907. The maximum atomic E-state index is 12.1. The van der Waals surface area contributed by atoms with Crippen molar-refractivity contribution in [1.82, 2.24) is 10.2 Å². The molecule has 2 aromatic rings. The van der Waals surface area contributed by atoms with Gasteiger partial charge in [0.25, 0.3) is 0 Å². The molecule has 1 saturated heterocycles. The Kier molecular flexibility index (Phi) is 5.53. The van der Waals surface area contributed by atoms with E-state index in [4.69, 9.17) is 0 Å². The van der Waals surface area contributed by atoms with E-state index in [1.165, 1.54) is 21.7 Å². The van der Waals surface area contributed by atoms with E-state index in [-0.39, 0.29) is 5.91 Å². The normalized spacial score (nSPS) is 15.5. The topological polar surface area (TPSA) is 35.6 Å². The van der Waals surface area contributed by atoms with Crippen molar-refractivity contribution in [2.24, 2.45) is 0 Å². The number of carbonyl (C=O) groups is 1. The lowest BCUT2D eigenvalue weighted by atomic mass is 10.1. The van der Waals surface area contributed by atoms with Gasteiger partial charge in [0, 0.05) is 36.7 Å². The fraction of sp³-hybridized carbons (Fsp3) is 0.421. The van der Waals surface area contributed by atoms with Crippen LogP contribution in [0.4, 0.5) is 5.69 Å². The molecule has 0 atom stereocenters. The average Bonchev–Trinajstić information content (AvgIpc) is 3.10. The summed E-state index contributed by atoms with van der Waals surface area (Å²) < 4.78 is 0. The van der Waals surface area contributed by atoms with Gasteiger partial charge < -0.3 is 10.2 Å². The molecule has 1 aliphatic rings. The fourth-order valence-electron chi connectivity index (χ4n) is 3.06. The lowest BCUT2D eigenvalue weighted by molar-refractivity contribution is -0.122. The van der Waals surface area contributed by atoms with Crippen molar-refractivity contribution in [1.29, 1.82) is 0 Å². The molecule has 1 amide bonds. The van der Waals surface area contributed by atoms with Crippen molar-refractivity contribution in [2.45, 2.75) is 20.4 Å². The molecular formula is C19H25N3OS. The van der Waals surface area contributed by atoms with Gasteiger partial charge in [0.05, 0.1) is 13.1 Å². The highest BCUT2D eigenvalue weighted by atomic mass is 32.1. The van der Waals surface area contributed by atoms with E-state index < -0.39 is 0 Å². The van der Waals surface area contributed by atoms with Crippen molar-refractivity contribution >= 4 is 22.9 Å². The SMILES string of the molecule is Cc1ccc(C)c(N2CCN(CC(=O)NCc3cccs3)CC2)c1. The molecule has 0 radical (unpaired) electrons. The van der Waals surface area contributed by atoms with Crippen LogP contribution in [0.25, 0.3) is 0 Å². The summed E-state index contributed by atoms with van der Waals surface area (Å²) in [5, 5.41) is 5.04. The molecule has 1 aromatic carbocycles. The zero-order valence-electron chi connectivity index (χ0n) is 14.4. The maximum Gasteiger partial charge on any atom is 0.234 e. The van der Waals surface area contributed by atoms with E-state index in [1.54, 1.807) is 11.3 Å². The highest BCUT2D eigenvalue weighted by Crippen LogP contribution is 2.22. The van der Waals surface area contributed by atoms with Gasteiger partial charge in [-0.25, -0.2) is 0 Å². The van der Waals surface area contributed by atoms with Gasteiger partial charge in [0.1, 0.15) is 0 Å². The third kappa shape index (κ3) is 4.36. The molecule has 5 heteroatoms. The lowest BCUT2D eigenvalue weighted by Crippen LogP contribution is -2.49. The molecule has 128 valence electrons. The van der Waals surface area contributed by atoms with Crippen LogP contribution in [0.1, 0.15) is 16.0 Å². The number of piperazine rings is 1. The third-order valence-corrected chi connectivity index (χ3v) is 5.36. The van der Waals surface area contributed by atoms with Crippen LogP contribution in [0.15, 0.2) is 35.7 Å². The number of amides is 1. The van der Waals surface area contributed by atoms with Gasteiger partial charge in [-0.2, -0.15) is 0 Å². The van der Waals surface area contributed by atoms with E-state index in [2.05, 4.69) is 47.2 Å². The predicted octanol–water partition coefficient (Wildman–Crippen LogP) is 2.80. The number of carbonyl (C=O) groups excluding carboxylic acids is 1. The molecule has 4 nitrogen and oxygen atoms in total. The second-order valence-corrected chi connectivity index (χ2v) is 7.44. The Morgan fingerprint density at radius 3 is 2.67 bits per heavy atom. The third-order valence-electron chi connectivity index (χ3n) is 4.48. The van der Waals surface area contributed by atoms with Gasteiger partial charge in [-0.1, -0.05) is 18.2 Å². The standard InChI is InChI=1S/C19H25N3OS/c1-15-5-6-16(2)18(12-15)22-9-7-21(8-10-22)14-19(23)20-13-17-4-3-11-24-17/h3-6,11-12H,7-10,13-14H2,1-2H3,(H,20,23). The summed E-state index contributed by atoms with van der Waals surface area (Å²) >= 11 is 1.68. The van der Waals surface area contributed by atoms with Crippen LogP contribution in [0.2, 0.25) is 0 Å². The van der Waals surface area contributed by atoms with Crippen molar-refractivity contribution in [3.8, 4) is 0 Å². The van der Waals surface area contributed by atoms with Crippen LogP contribution in [0.3, 0.4) is 0 Å². The molecule has 0 aliphatic carbocycles. The summed E-state index contributed by atoms with van der Waals surface area (Å²) in [5.74, 6) is 0.114. The summed E-state index contributed by atoms with van der Waals surface area (Å²) in [6, 6.07) is 10.7. The molecule has 0 saturated carbocycles. The van der Waals surface area contributed by atoms with E-state index >= 15 is 0 Å². The highest BCUT2D eigenvalue weighted by molar-refractivity contribution is 7.09. The van der Waals surface area contributed by atoms with E-state index in [9.17, 15) is 4.79 Å². The molecular weight excluding hydrogens is 318 g/mol. The fourth-order valence-corrected chi connectivity index (χ4v) is 3.71. The van der Waals surface area contributed by atoms with Crippen molar-refractivity contribution in [2.75, 3.05) is 37.6 Å². The van der Waals surface area contributed by atoms with Crippen molar-refractivity contribution in [3.63, 3.8) is 0 Å². The Balaban J connectivity index is 1.46. The smallest absolute Gasteiger partial charge is 0.234 e. The first-order valence-corrected chi connectivity index (χ1v) is 9.33. The molecule has 1 aromatic heterocycles. The average molecular weight is 343 g/mol. The van der Waals surface area contributed by atoms with Crippen LogP contribution < -0.4 is 10.2 Å². The van der Waals surface area contributed by atoms with Crippen LogP contribution >= 0.6 is 11.3 Å². The van der Waals surface area contributed by atoms with Gasteiger partial charge >= 0.3 is 0 Å². The molecule has 0 spiro atoms. The minimum Gasteiger partial charge on any atom is -0.369 e. The monoisotopic (exact) mass is 343 g/mol. The van der Waals surface area contributed by atoms with E-state index in [0.29, 0.717) is 13.1 Å². The number of hydrogen-bond acceptors (Lipinski definition) is 4. The zero-order chi connectivity index (χ0) is 16.9. The summed E-state index contributed by atoms with van der Waals surface area (Å²) in [6.45, 7) is 9.24. The lowest BCUT2D eigenvalue weighted by Gasteiger charge is -2.36. The second kappa shape index (κ2) is 7.81. The zero-order valence-corrected chi connectivity index (χ0v) is 15.2. The number of nitrogens with zero attached hydrogens (tertiary/aromatic N) is 2. The highest BCUT2D eigenvalue weighted by Gasteiger charge is 2.20. The number of benzene rings is 1. The minimum absolute atomic E-state index is 0.114. The predicted molar refractivity (Wildman–Crippen MR) is 101 cm³/mol. The van der Waals surface area contributed by atoms with Crippen LogP contribution in [-0.2, 0) is 11.3 Å². The Morgan fingerprint density at radius 2 is 1.96 bits per heavy atom. The molecule has 2 heterocycles. The summed E-state index contributed by atoms with van der Waals surface area (Å²) in [4.78, 5) is 18.0. The first kappa shape index (κ1) is 17.0. The number of hydrogen-bond donors (Lipinski definition) is 1. The Bertz CT molecular complexity index is 676. The number of anilines is 1. The largest absolute Gasteiger partial charge is 0.369 e.